The van der Waals surface area contributed by atoms with Crippen molar-refractivity contribution >= 4 is 20.2 Å². The number of carboxylic acids is 2. The lowest BCUT2D eigenvalue weighted by Gasteiger charge is -2.33. The molecule has 4 N–H and O–H groups in total. The molecule has 1 aromatic rings. The number of carboxylic acid groups (broad SMARTS) is 2. The number of aliphatic hydroxyl groups is 1. The monoisotopic (exact) mass is 546 g/mol. The summed E-state index contributed by atoms with van der Waals surface area (Å²) in [6, 6.07) is 9.63. The second-order valence-electron chi connectivity index (χ2n) is 8.95. The molecule has 37 heavy (non-hydrogen) atoms. The van der Waals surface area contributed by atoms with Gasteiger partial charge < -0.3 is 24.9 Å². The molecule has 2 rings (SSSR count). The second-order valence-corrected chi connectivity index (χ2v) is 9.77. The Bertz CT molecular complexity index is 836. The highest BCUT2D eigenvalue weighted by atomic mass is 31.1. The highest BCUT2D eigenvalue weighted by Gasteiger charge is 2.20. The molecule has 1 aliphatic rings. The summed E-state index contributed by atoms with van der Waals surface area (Å²) in [6.45, 7) is 3.58. The normalized spacial score (nSPS) is 19.5. The summed E-state index contributed by atoms with van der Waals surface area (Å²) in [4.78, 5) is 39.1. The number of aliphatic carboxylic acids is 2. The number of hydrogen-bond donors (Lipinski definition) is 4. The largest absolute Gasteiger partial charge is 0.480 e. The fourth-order valence-electron chi connectivity index (χ4n) is 3.97. The smallest absolute Gasteiger partial charge is 0.317 e. The molecule has 0 radical (unpaired) electrons. The van der Waals surface area contributed by atoms with Gasteiger partial charge in [-0.1, -0.05) is 30.3 Å². The fourth-order valence-corrected chi connectivity index (χ4v) is 4.27. The van der Waals surface area contributed by atoms with E-state index < -0.39 is 26.3 Å². The molecule has 1 aliphatic heterocycles. The lowest BCUT2D eigenvalue weighted by molar-refractivity contribution is -0.140. The van der Waals surface area contributed by atoms with E-state index in [-0.39, 0.29) is 26.4 Å². The maximum atomic E-state index is 11.4. The number of nitrogens with zero attached hydrogens (tertiary/aromatic N) is 4. The van der Waals surface area contributed by atoms with E-state index in [4.69, 9.17) is 14.2 Å². The van der Waals surface area contributed by atoms with Gasteiger partial charge in [0.1, 0.15) is 6.73 Å². The lowest BCUT2D eigenvalue weighted by Crippen LogP contribution is -2.49. The van der Waals surface area contributed by atoms with Crippen LogP contribution >= 0.6 is 8.25 Å². The zero-order valence-corrected chi connectivity index (χ0v) is 22.0. The average molecular weight is 547 g/mol. The third-order valence-electron chi connectivity index (χ3n) is 5.91. The molecule has 2 atom stereocenters. The van der Waals surface area contributed by atoms with Crippen LogP contribution in [0, 0.1) is 0 Å². The zero-order chi connectivity index (χ0) is 27.0. The van der Waals surface area contributed by atoms with Gasteiger partial charge in [0, 0.05) is 58.9 Å². The maximum Gasteiger partial charge on any atom is 0.317 e. The molecule has 13 nitrogen and oxygen atoms in total. The molecule has 2 unspecified atom stereocenters. The van der Waals surface area contributed by atoms with Crippen LogP contribution in [0.4, 0.5) is 0 Å². The van der Waals surface area contributed by atoms with E-state index in [1.54, 1.807) is 9.80 Å². The van der Waals surface area contributed by atoms with Gasteiger partial charge in [-0.05, 0) is 5.56 Å². The Labute approximate surface area is 217 Å². The topological polar surface area (TPSA) is 164 Å². The molecule has 1 heterocycles. The summed E-state index contributed by atoms with van der Waals surface area (Å²) in [6.07, 6.45) is -0.769. The first-order valence-electron chi connectivity index (χ1n) is 12.2. The van der Waals surface area contributed by atoms with Gasteiger partial charge in [0.25, 0.3) is 0 Å². The standard InChI is InChI=1S/C23H39N4O9P/c28-21(18-35-17-20-4-2-1-3-5-20)14-24-6-7-25(15-22(29)30)8-9-26(16-23(31)32)11-13-27(12-10-24)19-36-37(33)34/h1-5,21,28,37H,6-19H2,(H,29,30)(H,31,32)(H,33,34). The molecule has 0 aromatic heterocycles. The van der Waals surface area contributed by atoms with Gasteiger partial charge in [-0.2, -0.15) is 0 Å². The van der Waals surface area contributed by atoms with E-state index in [0.717, 1.165) is 5.56 Å². The van der Waals surface area contributed by atoms with E-state index in [1.165, 1.54) is 0 Å². The third-order valence-corrected chi connectivity index (χ3v) is 6.28. The summed E-state index contributed by atoms with van der Waals surface area (Å²) in [5.41, 5.74) is 1.00. The predicted octanol–water partition coefficient (Wildman–Crippen LogP) is -0.689. The van der Waals surface area contributed by atoms with Crippen LogP contribution in [0.25, 0.3) is 0 Å². The van der Waals surface area contributed by atoms with Crippen LogP contribution in [0.3, 0.4) is 0 Å². The molecule has 0 amide bonds. The SMILES string of the molecule is O=C(O)CN1CCN(CO[PH](=O)O)CCN(CC(O)COCc2ccccc2)CCN(CC(=O)O)CC1. The van der Waals surface area contributed by atoms with Gasteiger partial charge in [-0.25, -0.2) is 0 Å². The summed E-state index contributed by atoms with van der Waals surface area (Å²) in [5.74, 6) is -1.96. The van der Waals surface area contributed by atoms with Crippen molar-refractivity contribution in [2.45, 2.75) is 12.7 Å². The molecule has 0 aliphatic carbocycles. The minimum Gasteiger partial charge on any atom is -0.480 e. The van der Waals surface area contributed by atoms with E-state index >= 15 is 0 Å². The van der Waals surface area contributed by atoms with Gasteiger partial charge in [-0.3, -0.25) is 38.3 Å². The minimum atomic E-state index is -3.13. The number of ether oxygens (including phenoxy) is 1. The molecular formula is C23H39N4O9P. The van der Waals surface area contributed by atoms with Crippen molar-refractivity contribution in [3.05, 3.63) is 35.9 Å². The van der Waals surface area contributed by atoms with Crippen LogP contribution in [0.15, 0.2) is 30.3 Å². The average Bonchev–Trinajstić information content (AvgIpc) is 2.83. The number of rotatable bonds is 13. The number of carbonyl (C=O) groups is 2. The number of benzene rings is 1. The zero-order valence-electron chi connectivity index (χ0n) is 21.0. The molecule has 0 bridgehead atoms. The predicted molar refractivity (Wildman–Crippen MR) is 135 cm³/mol. The summed E-state index contributed by atoms with van der Waals surface area (Å²) >= 11 is 0. The Morgan fingerprint density at radius 3 is 1.81 bits per heavy atom. The molecule has 14 heteroatoms. The van der Waals surface area contributed by atoms with Gasteiger partial charge >= 0.3 is 20.2 Å². The highest BCUT2D eigenvalue weighted by Crippen LogP contribution is 2.15. The van der Waals surface area contributed by atoms with Crippen LogP contribution in [0.2, 0.25) is 0 Å². The van der Waals surface area contributed by atoms with Crippen LogP contribution in [0.1, 0.15) is 5.56 Å². The van der Waals surface area contributed by atoms with Crippen molar-refractivity contribution in [1.82, 2.24) is 19.6 Å². The Morgan fingerprint density at radius 2 is 1.32 bits per heavy atom. The minimum absolute atomic E-state index is 0.0864. The summed E-state index contributed by atoms with van der Waals surface area (Å²) in [7, 11) is -3.13. The molecule has 0 saturated carbocycles. The van der Waals surface area contributed by atoms with Crippen LogP contribution in [0.5, 0.6) is 0 Å². The Balaban J connectivity index is 2.02. The molecular weight excluding hydrogens is 507 g/mol. The molecule has 0 spiro atoms. The van der Waals surface area contributed by atoms with Crippen LogP contribution in [-0.2, 0) is 30.0 Å². The van der Waals surface area contributed by atoms with Crippen molar-refractivity contribution in [1.29, 1.82) is 0 Å². The van der Waals surface area contributed by atoms with Crippen LogP contribution in [-0.4, -0.2) is 143 Å². The van der Waals surface area contributed by atoms with Crippen LogP contribution < -0.4 is 0 Å². The number of aliphatic hydroxyl groups excluding tert-OH is 1. The second kappa shape index (κ2) is 17.6. The first-order valence-corrected chi connectivity index (χ1v) is 13.5. The van der Waals surface area contributed by atoms with E-state index in [9.17, 15) is 29.5 Å². The Hall–Kier alpha value is -1.93. The van der Waals surface area contributed by atoms with E-state index in [1.807, 2.05) is 40.1 Å². The quantitative estimate of drug-likeness (QED) is 0.230. The molecule has 1 saturated heterocycles. The van der Waals surface area contributed by atoms with Crippen molar-refractivity contribution in [2.75, 3.05) is 85.3 Å². The maximum absolute atomic E-state index is 11.4. The first-order chi connectivity index (χ1) is 17.7. The fraction of sp³-hybridized carbons (Fsp3) is 0.652. The van der Waals surface area contributed by atoms with Crippen molar-refractivity contribution in [3.63, 3.8) is 0 Å². The summed E-state index contributed by atoms with van der Waals surface area (Å²) in [5, 5.41) is 29.2. The van der Waals surface area contributed by atoms with Gasteiger partial charge in [0.15, 0.2) is 0 Å². The van der Waals surface area contributed by atoms with Crippen molar-refractivity contribution in [3.8, 4) is 0 Å². The van der Waals surface area contributed by atoms with E-state index in [2.05, 4.69) is 0 Å². The third kappa shape index (κ3) is 14.6. The van der Waals surface area contributed by atoms with Crippen molar-refractivity contribution < 1.29 is 43.6 Å². The Morgan fingerprint density at radius 1 is 0.838 bits per heavy atom. The van der Waals surface area contributed by atoms with Gasteiger partial charge in [-0.15, -0.1) is 0 Å². The number of hydrogen-bond acceptors (Lipinski definition) is 10. The Kier molecular flexibility index (Phi) is 14.8. The summed E-state index contributed by atoms with van der Waals surface area (Å²) < 4.78 is 21.7. The van der Waals surface area contributed by atoms with Crippen molar-refractivity contribution in [2.24, 2.45) is 0 Å². The lowest BCUT2D eigenvalue weighted by atomic mass is 10.2. The van der Waals surface area contributed by atoms with Gasteiger partial charge in [0.05, 0.1) is 32.4 Å². The number of β-amino-alcohol motifs (C(OH)–C–C–N with tert-alkyl or cyclic N) is 1. The molecule has 1 aromatic carbocycles. The molecule has 1 fully saturated rings. The first kappa shape index (κ1) is 31.3. The molecule has 210 valence electrons. The van der Waals surface area contributed by atoms with E-state index in [0.29, 0.717) is 65.5 Å². The van der Waals surface area contributed by atoms with Gasteiger partial charge in [0.2, 0.25) is 0 Å². The highest BCUT2D eigenvalue weighted by molar-refractivity contribution is 7.32.